The molecule has 28 heavy (non-hydrogen) atoms. The smallest absolute Gasteiger partial charge is 0.426 e. The van der Waals surface area contributed by atoms with Gasteiger partial charge in [0.15, 0.2) is 11.6 Å². The quantitative estimate of drug-likeness (QED) is 0.333. The van der Waals surface area contributed by atoms with Crippen LogP contribution in [0.4, 0.5) is 17.6 Å². The molecule has 0 bridgehead atoms. The molecule has 0 saturated heterocycles. The number of hydrogen-bond donors (Lipinski definition) is 0. The third-order valence-electron chi connectivity index (χ3n) is 5.21. The van der Waals surface area contributed by atoms with Crippen LogP contribution in [-0.4, -0.2) is 12.3 Å². The van der Waals surface area contributed by atoms with Gasteiger partial charge in [-0.05, 0) is 61.3 Å². The molecule has 7 heteroatoms. The van der Waals surface area contributed by atoms with E-state index in [9.17, 15) is 22.4 Å². The van der Waals surface area contributed by atoms with Gasteiger partial charge < -0.3 is 9.47 Å². The van der Waals surface area contributed by atoms with E-state index in [0.29, 0.717) is 11.3 Å². The molecule has 1 saturated carbocycles. The zero-order valence-corrected chi connectivity index (χ0v) is 15.5. The lowest BCUT2D eigenvalue weighted by molar-refractivity contribution is -0.275. The van der Waals surface area contributed by atoms with Gasteiger partial charge in [-0.3, -0.25) is 4.79 Å². The molecule has 0 atom stereocenters. The Bertz CT molecular complexity index is 839. The average molecular weight is 398 g/mol. The number of hydrogen-bond acceptors (Lipinski definition) is 3. The highest BCUT2D eigenvalue weighted by molar-refractivity contribution is 5.87. The molecule has 0 aromatic heterocycles. The van der Waals surface area contributed by atoms with E-state index >= 15 is 0 Å². The van der Waals surface area contributed by atoms with Crippen LogP contribution in [0.25, 0.3) is 10.8 Å². The van der Waals surface area contributed by atoms with Crippen LogP contribution in [0, 0.1) is 17.7 Å². The molecular weight excluding hydrogens is 376 g/mol. The Kier molecular flexibility index (Phi) is 6.10. The predicted octanol–water partition coefficient (Wildman–Crippen LogP) is 6.39. The second-order valence-corrected chi connectivity index (χ2v) is 7.24. The second-order valence-electron chi connectivity index (χ2n) is 7.24. The summed E-state index contributed by atoms with van der Waals surface area (Å²) >= 11 is 0. The third kappa shape index (κ3) is 4.94. The Morgan fingerprint density at radius 1 is 1.11 bits per heavy atom. The summed E-state index contributed by atoms with van der Waals surface area (Å²) in [4.78, 5) is 12.4. The summed E-state index contributed by atoms with van der Waals surface area (Å²) in [6, 6.07) is 6.31. The minimum Gasteiger partial charge on any atom is -0.426 e. The van der Waals surface area contributed by atoms with Crippen LogP contribution < -0.4 is 9.47 Å². The molecule has 2 aromatic carbocycles. The van der Waals surface area contributed by atoms with Crippen molar-refractivity contribution < 1.29 is 31.8 Å². The number of carbonyl (C=O) groups excluding carboxylic acids is 1. The number of benzene rings is 2. The van der Waals surface area contributed by atoms with Crippen molar-refractivity contribution in [3.05, 3.63) is 36.1 Å². The van der Waals surface area contributed by atoms with Crippen LogP contribution in [0.1, 0.15) is 45.4 Å². The van der Waals surface area contributed by atoms with Crippen LogP contribution in [0.2, 0.25) is 0 Å². The maximum atomic E-state index is 14.3. The normalized spacial score (nSPS) is 20.2. The predicted molar refractivity (Wildman–Crippen MR) is 96.6 cm³/mol. The fraction of sp³-hybridized carbons (Fsp3) is 0.476. The van der Waals surface area contributed by atoms with Gasteiger partial charge in [0.1, 0.15) is 5.75 Å². The van der Waals surface area contributed by atoms with E-state index in [-0.39, 0.29) is 23.0 Å². The van der Waals surface area contributed by atoms with Crippen molar-refractivity contribution in [1.29, 1.82) is 0 Å². The number of rotatable bonds is 5. The van der Waals surface area contributed by atoms with Crippen LogP contribution in [0.3, 0.4) is 0 Å². The molecule has 0 unspecified atom stereocenters. The van der Waals surface area contributed by atoms with Crippen molar-refractivity contribution in [2.24, 2.45) is 11.8 Å². The molecule has 3 rings (SSSR count). The molecule has 0 radical (unpaired) electrons. The first-order valence-corrected chi connectivity index (χ1v) is 9.46. The summed E-state index contributed by atoms with van der Waals surface area (Å²) in [5.74, 6) is -1.55. The van der Waals surface area contributed by atoms with Gasteiger partial charge in [0.2, 0.25) is 0 Å². The highest BCUT2D eigenvalue weighted by atomic mass is 19.4. The van der Waals surface area contributed by atoms with Crippen molar-refractivity contribution in [2.75, 3.05) is 0 Å². The minimum absolute atomic E-state index is 0.0402. The number of alkyl halides is 3. The lowest BCUT2D eigenvalue weighted by Crippen LogP contribution is -2.25. The lowest BCUT2D eigenvalue weighted by Gasteiger charge is -2.26. The molecular formula is C21H22F4O3. The van der Waals surface area contributed by atoms with E-state index in [1.165, 1.54) is 30.7 Å². The minimum atomic E-state index is -4.97. The molecule has 1 aliphatic carbocycles. The Balaban J connectivity index is 1.69. The molecule has 1 fully saturated rings. The van der Waals surface area contributed by atoms with E-state index in [0.717, 1.165) is 38.2 Å². The largest absolute Gasteiger partial charge is 0.573 e. The van der Waals surface area contributed by atoms with Gasteiger partial charge in [-0.15, -0.1) is 13.2 Å². The van der Waals surface area contributed by atoms with E-state index in [4.69, 9.17) is 4.74 Å². The summed E-state index contributed by atoms with van der Waals surface area (Å²) < 4.78 is 60.3. The first-order chi connectivity index (χ1) is 13.3. The monoisotopic (exact) mass is 398 g/mol. The molecule has 152 valence electrons. The van der Waals surface area contributed by atoms with E-state index in [1.807, 2.05) is 0 Å². The van der Waals surface area contributed by atoms with Gasteiger partial charge in [-0.1, -0.05) is 25.8 Å². The van der Waals surface area contributed by atoms with Gasteiger partial charge in [0.05, 0.1) is 5.92 Å². The molecule has 0 spiro atoms. The molecule has 0 heterocycles. The molecule has 3 nitrogen and oxygen atoms in total. The highest BCUT2D eigenvalue weighted by Crippen LogP contribution is 2.34. The van der Waals surface area contributed by atoms with Crippen LogP contribution in [-0.2, 0) is 4.79 Å². The number of ether oxygens (including phenoxy) is 2. The fourth-order valence-corrected chi connectivity index (χ4v) is 3.81. The summed E-state index contributed by atoms with van der Waals surface area (Å²) in [6.07, 6.45) is 0.964. The Morgan fingerprint density at radius 2 is 1.82 bits per heavy atom. The molecule has 0 aliphatic heterocycles. The third-order valence-corrected chi connectivity index (χ3v) is 5.21. The van der Waals surface area contributed by atoms with Gasteiger partial charge in [-0.25, -0.2) is 4.39 Å². The van der Waals surface area contributed by atoms with Gasteiger partial charge in [0, 0.05) is 5.39 Å². The Labute approximate surface area is 160 Å². The Morgan fingerprint density at radius 3 is 2.46 bits per heavy atom. The standard InChI is InChI=1S/C21H22F4O3/c1-2-3-13-4-6-14(7-5-13)20(26)27-16-9-10-17-15(12-16)8-11-18(19(17)22)28-21(23,24)25/h8-14H,2-7H2,1H3. The van der Waals surface area contributed by atoms with Crippen molar-refractivity contribution in [1.82, 2.24) is 0 Å². The first-order valence-electron chi connectivity index (χ1n) is 9.46. The van der Waals surface area contributed by atoms with E-state index < -0.39 is 17.9 Å². The average Bonchev–Trinajstić information content (AvgIpc) is 2.64. The number of esters is 1. The molecule has 2 aromatic rings. The number of fused-ring (bicyclic) bond motifs is 1. The zero-order valence-electron chi connectivity index (χ0n) is 15.5. The maximum absolute atomic E-state index is 14.3. The van der Waals surface area contributed by atoms with Crippen molar-refractivity contribution in [2.45, 2.75) is 51.8 Å². The van der Waals surface area contributed by atoms with Crippen molar-refractivity contribution in [3.63, 3.8) is 0 Å². The Hall–Kier alpha value is -2.31. The van der Waals surface area contributed by atoms with Crippen molar-refractivity contribution in [3.8, 4) is 11.5 Å². The number of carbonyl (C=O) groups is 1. The molecule has 0 amide bonds. The maximum Gasteiger partial charge on any atom is 0.573 e. The van der Waals surface area contributed by atoms with E-state index in [1.54, 1.807) is 0 Å². The summed E-state index contributed by atoms with van der Waals surface area (Å²) in [6.45, 7) is 2.15. The topological polar surface area (TPSA) is 35.5 Å². The van der Waals surface area contributed by atoms with Gasteiger partial charge >= 0.3 is 12.3 Å². The number of halogens is 4. The summed E-state index contributed by atoms with van der Waals surface area (Å²) in [7, 11) is 0. The lowest BCUT2D eigenvalue weighted by atomic mass is 9.80. The first kappa shape index (κ1) is 20.4. The molecule has 1 aliphatic rings. The van der Waals surface area contributed by atoms with Crippen LogP contribution >= 0.6 is 0 Å². The summed E-state index contributed by atoms with van der Waals surface area (Å²) in [5.41, 5.74) is 0. The summed E-state index contributed by atoms with van der Waals surface area (Å²) in [5, 5.41) is 0.283. The molecule has 0 N–H and O–H groups in total. The van der Waals surface area contributed by atoms with Gasteiger partial charge in [-0.2, -0.15) is 0 Å². The van der Waals surface area contributed by atoms with Crippen LogP contribution in [0.15, 0.2) is 30.3 Å². The van der Waals surface area contributed by atoms with Crippen LogP contribution in [0.5, 0.6) is 11.5 Å². The van der Waals surface area contributed by atoms with E-state index in [2.05, 4.69) is 11.7 Å². The zero-order chi connectivity index (χ0) is 20.3. The van der Waals surface area contributed by atoms with Gasteiger partial charge in [0.25, 0.3) is 0 Å². The second kappa shape index (κ2) is 8.37. The highest BCUT2D eigenvalue weighted by Gasteiger charge is 2.33. The fourth-order valence-electron chi connectivity index (χ4n) is 3.81. The van der Waals surface area contributed by atoms with Crippen molar-refractivity contribution >= 4 is 16.7 Å². The SMILES string of the molecule is CCCC1CCC(C(=O)Oc2ccc3c(F)c(OC(F)(F)F)ccc3c2)CC1.